The highest BCUT2D eigenvalue weighted by molar-refractivity contribution is 5.31. The third-order valence-corrected chi connectivity index (χ3v) is 2.86. The largest absolute Gasteiger partial charge is 0.434 e. The molecule has 2 heterocycles. The maximum absolute atomic E-state index is 12.3. The van der Waals surface area contributed by atoms with Crippen LogP contribution in [0.1, 0.15) is 18.5 Å². The molecule has 0 amide bonds. The van der Waals surface area contributed by atoms with E-state index in [9.17, 15) is 13.2 Å². The van der Waals surface area contributed by atoms with E-state index in [2.05, 4.69) is 15.3 Å². The Kier molecular flexibility index (Phi) is 4.00. The number of nitrogens with one attached hydrogen (secondary N) is 1. The van der Waals surface area contributed by atoms with Gasteiger partial charge in [-0.1, -0.05) is 0 Å². The number of nitrogens with zero attached hydrogens (tertiary/aromatic N) is 2. The minimum atomic E-state index is -4.44. The molecule has 100 valence electrons. The molecule has 0 aliphatic carbocycles. The standard InChI is InChI=1S/C11H14F3N3O/c12-11(13,14)9-6-17-10(7-15-9)16-5-8-1-3-18-4-2-8/h6-8H,1-5H2,(H,16,17). The summed E-state index contributed by atoms with van der Waals surface area (Å²) in [6.45, 7) is 2.17. The molecule has 1 aromatic heterocycles. The average molecular weight is 261 g/mol. The van der Waals surface area contributed by atoms with Gasteiger partial charge in [-0.25, -0.2) is 9.97 Å². The molecule has 0 unspecified atom stereocenters. The summed E-state index contributed by atoms with van der Waals surface area (Å²) < 4.78 is 42.0. The number of halogens is 3. The van der Waals surface area contributed by atoms with E-state index in [-0.39, 0.29) is 0 Å². The maximum Gasteiger partial charge on any atom is 0.434 e. The first kappa shape index (κ1) is 13.1. The van der Waals surface area contributed by atoms with Crippen LogP contribution in [0.3, 0.4) is 0 Å². The van der Waals surface area contributed by atoms with Gasteiger partial charge in [0.05, 0.1) is 12.4 Å². The van der Waals surface area contributed by atoms with Crippen LogP contribution in [0.2, 0.25) is 0 Å². The fourth-order valence-electron chi connectivity index (χ4n) is 1.77. The Bertz CT molecular complexity index is 374. The van der Waals surface area contributed by atoms with E-state index in [0.29, 0.717) is 18.3 Å². The zero-order valence-corrected chi connectivity index (χ0v) is 9.70. The number of alkyl halides is 3. The summed E-state index contributed by atoms with van der Waals surface area (Å²) >= 11 is 0. The van der Waals surface area contributed by atoms with Crippen molar-refractivity contribution >= 4 is 5.82 Å². The van der Waals surface area contributed by atoms with Gasteiger partial charge in [-0.15, -0.1) is 0 Å². The van der Waals surface area contributed by atoms with Crippen molar-refractivity contribution in [3.63, 3.8) is 0 Å². The summed E-state index contributed by atoms with van der Waals surface area (Å²) in [7, 11) is 0. The van der Waals surface area contributed by atoms with E-state index < -0.39 is 11.9 Å². The van der Waals surface area contributed by atoms with E-state index >= 15 is 0 Å². The Morgan fingerprint density at radius 1 is 1.22 bits per heavy atom. The third-order valence-electron chi connectivity index (χ3n) is 2.86. The van der Waals surface area contributed by atoms with Gasteiger partial charge in [0.15, 0.2) is 5.69 Å². The van der Waals surface area contributed by atoms with E-state index in [1.54, 1.807) is 0 Å². The normalized spacial score (nSPS) is 17.7. The van der Waals surface area contributed by atoms with Crippen LogP contribution in [-0.4, -0.2) is 29.7 Å². The van der Waals surface area contributed by atoms with Gasteiger partial charge < -0.3 is 10.1 Å². The van der Waals surface area contributed by atoms with Gasteiger partial charge in [0.25, 0.3) is 0 Å². The zero-order chi connectivity index (χ0) is 13.0. The number of ether oxygens (including phenoxy) is 1. The fourth-order valence-corrected chi connectivity index (χ4v) is 1.77. The highest BCUT2D eigenvalue weighted by Gasteiger charge is 2.32. The number of rotatable bonds is 3. The van der Waals surface area contributed by atoms with Gasteiger partial charge in [0.1, 0.15) is 5.82 Å². The molecular weight excluding hydrogens is 247 g/mol. The van der Waals surface area contributed by atoms with Crippen LogP contribution in [0.4, 0.5) is 19.0 Å². The van der Waals surface area contributed by atoms with Crippen molar-refractivity contribution in [1.29, 1.82) is 0 Å². The molecule has 2 rings (SSSR count). The molecule has 18 heavy (non-hydrogen) atoms. The summed E-state index contributed by atoms with van der Waals surface area (Å²) in [5.74, 6) is 0.845. The molecule has 0 radical (unpaired) electrons. The Morgan fingerprint density at radius 2 is 1.94 bits per heavy atom. The zero-order valence-electron chi connectivity index (χ0n) is 9.70. The monoisotopic (exact) mass is 261 g/mol. The van der Waals surface area contributed by atoms with Crippen molar-refractivity contribution in [3.8, 4) is 0 Å². The van der Waals surface area contributed by atoms with Crippen molar-refractivity contribution in [2.75, 3.05) is 25.1 Å². The van der Waals surface area contributed by atoms with Crippen molar-refractivity contribution in [2.24, 2.45) is 5.92 Å². The smallest absolute Gasteiger partial charge is 0.381 e. The molecule has 7 heteroatoms. The van der Waals surface area contributed by atoms with Crippen LogP contribution in [0.5, 0.6) is 0 Å². The summed E-state index contributed by atoms with van der Waals surface area (Å²) in [6.07, 6.45) is -0.664. The van der Waals surface area contributed by atoms with Gasteiger partial charge in [0, 0.05) is 19.8 Å². The molecule has 1 N–H and O–H groups in total. The molecule has 0 aromatic carbocycles. The van der Waals surface area contributed by atoms with Crippen molar-refractivity contribution in [2.45, 2.75) is 19.0 Å². The molecule has 0 atom stereocenters. The topological polar surface area (TPSA) is 47.0 Å². The summed E-state index contributed by atoms with van der Waals surface area (Å²) in [5.41, 5.74) is -0.973. The maximum atomic E-state index is 12.3. The first-order chi connectivity index (χ1) is 8.55. The minimum absolute atomic E-state index is 0.370. The lowest BCUT2D eigenvalue weighted by Crippen LogP contribution is -2.23. The second-order valence-corrected chi connectivity index (χ2v) is 4.22. The SMILES string of the molecule is FC(F)(F)c1cnc(NCC2CCOCC2)cn1. The van der Waals surface area contributed by atoms with Crippen molar-refractivity contribution in [3.05, 3.63) is 18.1 Å². The number of hydrogen-bond acceptors (Lipinski definition) is 4. The van der Waals surface area contributed by atoms with Crippen LogP contribution < -0.4 is 5.32 Å². The minimum Gasteiger partial charge on any atom is -0.381 e. The molecular formula is C11H14F3N3O. The van der Waals surface area contributed by atoms with Crippen LogP contribution in [0.25, 0.3) is 0 Å². The van der Waals surface area contributed by atoms with Gasteiger partial charge in [-0.2, -0.15) is 13.2 Å². The quantitative estimate of drug-likeness (QED) is 0.907. The summed E-state index contributed by atoms with van der Waals surface area (Å²) in [4.78, 5) is 7.04. The molecule has 1 aromatic rings. The Morgan fingerprint density at radius 3 is 2.50 bits per heavy atom. The Hall–Kier alpha value is -1.37. The first-order valence-electron chi connectivity index (χ1n) is 5.76. The van der Waals surface area contributed by atoms with Crippen LogP contribution in [0, 0.1) is 5.92 Å². The van der Waals surface area contributed by atoms with Gasteiger partial charge >= 0.3 is 6.18 Å². The lowest BCUT2D eigenvalue weighted by atomic mass is 10.0. The van der Waals surface area contributed by atoms with E-state index in [0.717, 1.165) is 38.4 Å². The first-order valence-corrected chi connectivity index (χ1v) is 5.76. The lowest BCUT2D eigenvalue weighted by molar-refractivity contribution is -0.141. The predicted octanol–water partition coefficient (Wildman–Crippen LogP) is 2.33. The predicted molar refractivity (Wildman–Crippen MR) is 59.1 cm³/mol. The van der Waals surface area contributed by atoms with E-state index in [1.807, 2.05) is 0 Å². The van der Waals surface area contributed by atoms with Crippen LogP contribution in [0.15, 0.2) is 12.4 Å². The summed E-state index contributed by atoms with van der Waals surface area (Å²) in [6, 6.07) is 0. The molecule has 0 spiro atoms. The van der Waals surface area contributed by atoms with E-state index in [4.69, 9.17) is 4.74 Å². The van der Waals surface area contributed by atoms with Crippen LogP contribution >= 0.6 is 0 Å². The van der Waals surface area contributed by atoms with Gasteiger partial charge in [-0.3, -0.25) is 0 Å². The second kappa shape index (κ2) is 5.51. The van der Waals surface area contributed by atoms with Crippen molar-refractivity contribution in [1.82, 2.24) is 9.97 Å². The fraction of sp³-hybridized carbons (Fsp3) is 0.636. The molecule has 4 nitrogen and oxygen atoms in total. The molecule has 0 saturated carbocycles. The highest BCUT2D eigenvalue weighted by Crippen LogP contribution is 2.26. The van der Waals surface area contributed by atoms with Crippen molar-refractivity contribution < 1.29 is 17.9 Å². The Labute approximate surface area is 103 Å². The number of anilines is 1. The second-order valence-electron chi connectivity index (χ2n) is 4.22. The average Bonchev–Trinajstić information content (AvgIpc) is 2.37. The molecule has 0 bridgehead atoms. The molecule has 1 aliphatic heterocycles. The number of aromatic nitrogens is 2. The van der Waals surface area contributed by atoms with Gasteiger partial charge in [-0.05, 0) is 18.8 Å². The molecule has 1 saturated heterocycles. The third kappa shape index (κ3) is 3.56. The molecule has 1 fully saturated rings. The number of hydrogen-bond donors (Lipinski definition) is 1. The van der Waals surface area contributed by atoms with Gasteiger partial charge in [0.2, 0.25) is 0 Å². The summed E-state index contributed by atoms with van der Waals surface area (Å²) in [5, 5.41) is 3.00. The highest BCUT2D eigenvalue weighted by atomic mass is 19.4. The van der Waals surface area contributed by atoms with E-state index in [1.165, 1.54) is 0 Å². The van der Waals surface area contributed by atoms with Crippen LogP contribution in [-0.2, 0) is 10.9 Å². The molecule has 1 aliphatic rings. The lowest BCUT2D eigenvalue weighted by Gasteiger charge is -2.22. The Balaban J connectivity index is 1.86.